The zero-order chi connectivity index (χ0) is 14.2. The lowest BCUT2D eigenvalue weighted by atomic mass is 10.1. The number of ether oxygens (including phenoxy) is 1. The fourth-order valence-electron chi connectivity index (χ4n) is 2.27. The van der Waals surface area contributed by atoms with Gasteiger partial charge in [0.1, 0.15) is 0 Å². The predicted octanol–water partition coefficient (Wildman–Crippen LogP) is 1.80. The third-order valence-electron chi connectivity index (χ3n) is 3.33. The Morgan fingerprint density at radius 1 is 1.35 bits per heavy atom. The summed E-state index contributed by atoms with van der Waals surface area (Å²) in [7, 11) is 0. The van der Waals surface area contributed by atoms with Crippen LogP contribution < -0.4 is 5.32 Å². The Balaban J connectivity index is 1.79. The highest BCUT2D eigenvalue weighted by atomic mass is 16.5. The summed E-state index contributed by atoms with van der Waals surface area (Å²) in [4.78, 5) is 12.8. The number of carboxylic acids is 1. The number of benzene rings is 1. The van der Waals surface area contributed by atoms with Gasteiger partial charge in [0.25, 0.3) is 0 Å². The Labute approximate surface area is 119 Å². The van der Waals surface area contributed by atoms with E-state index in [1.807, 2.05) is 12.1 Å². The molecule has 0 aliphatic carbocycles. The molecule has 1 aromatic carbocycles. The van der Waals surface area contributed by atoms with Crippen molar-refractivity contribution in [1.82, 2.24) is 4.90 Å². The minimum atomic E-state index is -0.743. The standard InChI is InChI=1S/C15H22N2O3/c18-15(19)5-2-6-16-14-4-1-3-13(11-14)12-17-7-9-20-10-8-17/h1,3-4,11,16H,2,5-10,12H2,(H,18,19). The van der Waals surface area contributed by atoms with Crippen molar-refractivity contribution in [2.24, 2.45) is 0 Å². The van der Waals surface area contributed by atoms with Gasteiger partial charge in [-0.1, -0.05) is 12.1 Å². The molecule has 1 aliphatic rings. The number of aliphatic carboxylic acids is 1. The molecule has 5 heteroatoms. The van der Waals surface area contributed by atoms with Crippen LogP contribution in [0.2, 0.25) is 0 Å². The van der Waals surface area contributed by atoms with Gasteiger partial charge in [0.05, 0.1) is 13.2 Å². The van der Waals surface area contributed by atoms with Gasteiger partial charge in [0.2, 0.25) is 0 Å². The number of carbonyl (C=O) groups is 1. The molecule has 1 saturated heterocycles. The molecule has 1 heterocycles. The second-order valence-electron chi connectivity index (χ2n) is 5.01. The summed E-state index contributed by atoms with van der Waals surface area (Å²) in [5, 5.41) is 11.9. The van der Waals surface area contributed by atoms with E-state index in [2.05, 4.69) is 22.3 Å². The van der Waals surface area contributed by atoms with Gasteiger partial charge in [0.15, 0.2) is 0 Å². The summed E-state index contributed by atoms with van der Waals surface area (Å²) in [6.45, 7) is 5.22. The van der Waals surface area contributed by atoms with Gasteiger partial charge in [-0.15, -0.1) is 0 Å². The van der Waals surface area contributed by atoms with E-state index in [1.54, 1.807) is 0 Å². The third kappa shape index (κ3) is 5.19. The lowest BCUT2D eigenvalue weighted by molar-refractivity contribution is -0.137. The number of hydrogen-bond donors (Lipinski definition) is 2. The van der Waals surface area contributed by atoms with Crippen LogP contribution in [-0.2, 0) is 16.1 Å². The molecular weight excluding hydrogens is 256 g/mol. The zero-order valence-electron chi connectivity index (χ0n) is 11.7. The van der Waals surface area contributed by atoms with Crippen molar-refractivity contribution in [2.45, 2.75) is 19.4 Å². The first kappa shape index (κ1) is 14.8. The molecule has 1 aromatic rings. The van der Waals surface area contributed by atoms with Crippen LogP contribution in [0.3, 0.4) is 0 Å². The smallest absolute Gasteiger partial charge is 0.303 e. The largest absolute Gasteiger partial charge is 0.481 e. The molecule has 2 N–H and O–H groups in total. The van der Waals surface area contributed by atoms with E-state index in [0.717, 1.165) is 38.5 Å². The second-order valence-corrected chi connectivity index (χ2v) is 5.01. The fraction of sp³-hybridized carbons (Fsp3) is 0.533. The summed E-state index contributed by atoms with van der Waals surface area (Å²) >= 11 is 0. The van der Waals surface area contributed by atoms with E-state index >= 15 is 0 Å². The summed E-state index contributed by atoms with van der Waals surface area (Å²) in [5.74, 6) is -0.743. The van der Waals surface area contributed by atoms with Crippen LogP contribution in [-0.4, -0.2) is 48.8 Å². The molecule has 0 amide bonds. The molecule has 2 rings (SSSR count). The molecule has 0 aromatic heterocycles. The molecule has 110 valence electrons. The van der Waals surface area contributed by atoms with Crippen molar-refractivity contribution < 1.29 is 14.6 Å². The van der Waals surface area contributed by atoms with E-state index < -0.39 is 5.97 Å². The molecule has 0 bridgehead atoms. The van der Waals surface area contributed by atoms with Gasteiger partial charge in [-0.2, -0.15) is 0 Å². The maximum atomic E-state index is 10.4. The molecular formula is C15H22N2O3. The lowest BCUT2D eigenvalue weighted by Crippen LogP contribution is -2.35. The van der Waals surface area contributed by atoms with E-state index in [-0.39, 0.29) is 6.42 Å². The normalized spacial score (nSPS) is 16.0. The molecule has 0 radical (unpaired) electrons. The van der Waals surface area contributed by atoms with Gasteiger partial charge in [-0.25, -0.2) is 0 Å². The van der Waals surface area contributed by atoms with Crippen LogP contribution in [0.15, 0.2) is 24.3 Å². The molecule has 0 saturated carbocycles. The summed E-state index contributed by atoms with van der Waals surface area (Å²) < 4.78 is 5.34. The Hall–Kier alpha value is -1.59. The topological polar surface area (TPSA) is 61.8 Å². The van der Waals surface area contributed by atoms with Crippen molar-refractivity contribution in [3.05, 3.63) is 29.8 Å². The van der Waals surface area contributed by atoms with Crippen molar-refractivity contribution in [3.8, 4) is 0 Å². The van der Waals surface area contributed by atoms with Crippen molar-refractivity contribution in [2.75, 3.05) is 38.2 Å². The average molecular weight is 278 g/mol. The van der Waals surface area contributed by atoms with E-state index in [4.69, 9.17) is 9.84 Å². The Kier molecular flexibility index (Phi) is 5.83. The number of anilines is 1. The van der Waals surface area contributed by atoms with Gasteiger partial charge in [0, 0.05) is 38.3 Å². The molecule has 0 atom stereocenters. The molecule has 20 heavy (non-hydrogen) atoms. The van der Waals surface area contributed by atoms with Crippen molar-refractivity contribution >= 4 is 11.7 Å². The number of carboxylic acid groups (broad SMARTS) is 1. The van der Waals surface area contributed by atoms with Crippen LogP contribution in [0.5, 0.6) is 0 Å². The fourth-order valence-corrected chi connectivity index (χ4v) is 2.27. The van der Waals surface area contributed by atoms with Gasteiger partial charge >= 0.3 is 5.97 Å². The summed E-state index contributed by atoms with van der Waals surface area (Å²) in [6.07, 6.45) is 0.851. The number of morpholine rings is 1. The summed E-state index contributed by atoms with van der Waals surface area (Å²) in [6, 6.07) is 8.31. The van der Waals surface area contributed by atoms with Gasteiger partial charge in [-0.3, -0.25) is 9.69 Å². The number of rotatable bonds is 7. The number of nitrogens with zero attached hydrogens (tertiary/aromatic N) is 1. The van der Waals surface area contributed by atoms with Crippen molar-refractivity contribution in [3.63, 3.8) is 0 Å². The number of nitrogens with one attached hydrogen (secondary N) is 1. The maximum absolute atomic E-state index is 10.4. The van der Waals surface area contributed by atoms with E-state index in [9.17, 15) is 4.79 Å². The number of hydrogen-bond acceptors (Lipinski definition) is 4. The van der Waals surface area contributed by atoms with E-state index in [1.165, 1.54) is 5.56 Å². The van der Waals surface area contributed by atoms with E-state index in [0.29, 0.717) is 13.0 Å². The van der Waals surface area contributed by atoms with Gasteiger partial charge < -0.3 is 15.2 Å². The summed E-state index contributed by atoms with van der Waals surface area (Å²) in [5.41, 5.74) is 2.33. The second kappa shape index (κ2) is 7.87. The molecule has 0 spiro atoms. The minimum absolute atomic E-state index is 0.209. The first-order valence-electron chi connectivity index (χ1n) is 7.09. The average Bonchev–Trinajstić information content (AvgIpc) is 2.45. The van der Waals surface area contributed by atoms with Crippen LogP contribution in [0.25, 0.3) is 0 Å². The molecule has 1 fully saturated rings. The SMILES string of the molecule is O=C(O)CCCNc1cccc(CN2CCOCC2)c1. The molecule has 5 nitrogen and oxygen atoms in total. The highest BCUT2D eigenvalue weighted by Gasteiger charge is 2.10. The monoisotopic (exact) mass is 278 g/mol. The highest BCUT2D eigenvalue weighted by Crippen LogP contribution is 2.13. The zero-order valence-corrected chi connectivity index (χ0v) is 11.7. The Bertz CT molecular complexity index is 431. The molecule has 0 unspecified atom stereocenters. The lowest BCUT2D eigenvalue weighted by Gasteiger charge is -2.26. The molecule has 1 aliphatic heterocycles. The van der Waals surface area contributed by atoms with Crippen LogP contribution in [0, 0.1) is 0 Å². The minimum Gasteiger partial charge on any atom is -0.481 e. The quantitative estimate of drug-likeness (QED) is 0.745. The van der Waals surface area contributed by atoms with Crippen LogP contribution in [0.1, 0.15) is 18.4 Å². The Morgan fingerprint density at radius 3 is 2.90 bits per heavy atom. The predicted molar refractivity (Wildman–Crippen MR) is 77.9 cm³/mol. The first-order chi connectivity index (χ1) is 9.74. The van der Waals surface area contributed by atoms with Gasteiger partial charge in [-0.05, 0) is 24.1 Å². The van der Waals surface area contributed by atoms with Crippen molar-refractivity contribution in [1.29, 1.82) is 0 Å². The highest BCUT2D eigenvalue weighted by molar-refractivity contribution is 5.66. The Morgan fingerprint density at radius 2 is 2.15 bits per heavy atom. The maximum Gasteiger partial charge on any atom is 0.303 e. The third-order valence-corrected chi connectivity index (χ3v) is 3.33. The van der Waals surface area contributed by atoms with Crippen LogP contribution >= 0.6 is 0 Å². The van der Waals surface area contributed by atoms with Crippen LogP contribution in [0.4, 0.5) is 5.69 Å². The first-order valence-corrected chi connectivity index (χ1v) is 7.09.